The summed E-state index contributed by atoms with van der Waals surface area (Å²) < 4.78 is 0. The Balaban J connectivity index is 1.44. The molecule has 1 saturated heterocycles. The molecule has 2 heteroatoms. The fourth-order valence-electron chi connectivity index (χ4n) is 2.78. The molecule has 1 saturated carbocycles. The van der Waals surface area contributed by atoms with Crippen molar-refractivity contribution in [3.8, 4) is 0 Å². The second-order valence-corrected chi connectivity index (χ2v) is 5.74. The van der Waals surface area contributed by atoms with Gasteiger partial charge < -0.3 is 10.2 Å². The molecule has 1 heterocycles. The molecule has 15 heavy (non-hydrogen) atoms. The maximum atomic E-state index is 3.63. The molecule has 2 rings (SSSR count). The van der Waals surface area contributed by atoms with Gasteiger partial charge in [0.2, 0.25) is 0 Å². The van der Waals surface area contributed by atoms with E-state index >= 15 is 0 Å². The molecule has 0 unspecified atom stereocenters. The first-order valence-corrected chi connectivity index (χ1v) is 6.72. The molecule has 1 aliphatic heterocycles. The van der Waals surface area contributed by atoms with Crippen molar-refractivity contribution in [1.29, 1.82) is 0 Å². The zero-order chi connectivity index (χ0) is 10.6. The molecule has 0 radical (unpaired) electrons. The number of rotatable bonds is 6. The second kappa shape index (κ2) is 5.31. The van der Waals surface area contributed by atoms with Crippen LogP contribution in [0.5, 0.6) is 0 Å². The molecule has 0 aromatic heterocycles. The molecule has 2 fully saturated rings. The normalized spacial score (nSPS) is 25.4. The zero-order valence-electron chi connectivity index (χ0n) is 10.2. The van der Waals surface area contributed by atoms with Crippen LogP contribution < -0.4 is 5.32 Å². The minimum Gasteiger partial charge on any atom is -0.316 e. The average Bonchev–Trinajstić information content (AvgIpc) is 2.67. The van der Waals surface area contributed by atoms with Crippen LogP contribution in [0, 0.1) is 5.41 Å². The summed E-state index contributed by atoms with van der Waals surface area (Å²) in [5.74, 6) is 0. The lowest BCUT2D eigenvalue weighted by Gasteiger charge is -2.38. The maximum Gasteiger partial charge on any atom is 0.000517 e. The lowest BCUT2D eigenvalue weighted by molar-refractivity contribution is 0.156. The SMILES string of the molecule is CC1(CNCCCN2CCCC2)CCC1. The Morgan fingerprint density at radius 1 is 1.13 bits per heavy atom. The molecule has 1 aliphatic carbocycles. The number of likely N-dealkylation sites (tertiary alicyclic amines) is 1. The highest BCUT2D eigenvalue weighted by Gasteiger charge is 2.30. The average molecular weight is 210 g/mol. The van der Waals surface area contributed by atoms with E-state index in [1.807, 2.05) is 0 Å². The minimum absolute atomic E-state index is 0.646. The van der Waals surface area contributed by atoms with Crippen molar-refractivity contribution in [3.63, 3.8) is 0 Å². The quantitative estimate of drug-likeness (QED) is 0.677. The summed E-state index contributed by atoms with van der Waals surface area (Å²) >= 11 is 0. The van der Waals surface area contributed by atoms with Crippen molar-refractivity contribution in [2.24, 2.45) is 5.41 Å². The molecule has 0 aromatic carbocycles. The third kappa shape index (κ3) is 3.46. The van der Waals surface area contributed by atoms with E-state index in [1.165, 1.54) is 71.2 Å². The monoisotopic (exact) mass is 210 g/mol. The minimum atomic E-state index is 0.646. The Morgan fingerprint density at radius 3 is 2.47 bits per heavy atom. The summed E-state index contributed by atoms with van der Waals surface area (Å²) in [6.45, 7) is 8.88. The molecule has 1 N–H and O–H groups in total. The standard InChI is InChI=1S/C13H26N2/c1-13(6-4-7-13)12-14-8-5-11-15-9-2-3-10-15/h14H,2-12H2,1H3. The van der Waals surface area contributed by atoms with Gasteiger partial charge in [0.05, 0.1) is 0 Å². The molecular formula is C13H26N2. The third-order valence-electron chi connectivity index (χ3n) is 4.14. The van der Waals surface area contributed by atoms with Crippen LogP contribution in [0.2, 0.25) is 0 Å². The van der Waals surface area contributed by atoms with Gasteiger partial charge in [-0.25, -0.2) is 0 Å². The Hall–Kier alpha value is -0.0800. The van der Waals surface area contributed by atoms with E-state index in [0.29, 0.717) is 5.41 Å². The van der Waals surface area contributed by atoms with E-state index in [1.54, 1.807) is 0 Å². The van der Waals surface area contributed by atoms with E-state index in [0.717, 1.165) is 0 Å². The van der Waals surface area contributed by atoms with E-state index < -0.39 is 0 Å². The Labute approximate surface area is 94.4 Å². The summed E-state index contributed by atoms with van der Waals surface area (Å²) in [6, 6.07) is 0. The van der Waals surface area contributed by atoms with Gasteiger partial charge in [0.15, 0.2) is 0 Å². The summed E-state index contributed by atoms with van der Waals surface area (Å²) in [5, 5.41) is 3.63. The molecule has 2 nitrogen and oxygen atoms in total. The van der Waals surface area contributed by atoms with Crippen LogP contribution in [-0.2, 0) is 0 Å². The maximum absolute atomic E-state index is 3.63. The van der Waals surface area contributed by atoms with Crippen LogP contribution in [0.15, 0.2) is 0 Å². The highest BCUT2D eigenvalue weighted by Crippen LogP contribution is 2.39. The number of nitrogens with one attached hydrogen (secondary N) is 1. The topological polar surface area (TPSA) is 15.3 Å². The van der Waals surface area contributed by atoms with Crippen molar-refractivity contribution in [2.45, 2.75) is 45.4 Å². The first kappa shape index (κ1) is 11.4. The smallest absolute Gasteiger partial charge is 0.000517 e. The van der Waals surface area contributed by atoms with Crippen LogP contribution in [0.4, 0.5) is 0 Å². The van der Waals surface area contributed by atoms with Crippen LogP contribution in [0.1, 0.15) is 45.4 Å². The summed E-state index contributed by atoms with van der Waals surface area (Å²) in [7, 11) is 0. The molecule has 0 atom stereocenters. The summed E-state index contributed by atoms with van der Waals surface area (Å²) in [6.07, 6.45) is 8.50. The molecule has 2 aliphatic rings. The molecular weight excluding hydrogens is 184 g/mol. The predicted molar refractivity (Wildman–Crippen MR) is 65.1 cm³/mol. The van der Waals surface area contributed by atoms with Gasteiger partial charge in [-0.3, -0.25) is 0 Å². The molecule has 0 aromatic rings. The van der Waals surface area contributed by atoms with Gasteiger partial charge in [-0.15, -0.1) is 0 Å². The van der Waals surface area contributed by atoms with Crippen molar-refractivity contribution in [2.75, 3.05) is 32.7 Å². The van der Waals surface area contributed by atoms with E-state index in [4.69, 9.17) is 0 Å². The Morgan fingerprint density at radius 2 is 1.87 bits per heavy atom. The Bertz CT molecular complexity index is 181. The fourth-order valence-corrected chi connectivity index (χ4v) is 2.78. The first-order valence-electron chi connectivity index (χ1n) is 6.72. The third-order valence-corrected chi connectivity index (χ3v) is 4.14. The molecule has 0 amide bonds. The van der Waals surface area contributed by atoms with Gasteiger partial charge in [0.25, 0.3) is 0 Å². The van der Waals surface area contributed by atoms with Gasteiger partial charge in [0, 0.05) is 6.54 Å². The molecule has 0 bridgehead atoms. The van der Waals surface area contributed by atoms with Gasteiger partial charge in [-0.2, -0.15) is 0 Å². The first-order chi connectivity index (χ1) is 7.29. The van der Waals surface area contributed by atoms with E-state index in [-0.39, 0.29) is 0 Å². The van der Waals surface area contributed by atoms with Gasteiger partial charge in [-0.1, -0.05) is 13.3 Å². The van der Waals surface area contributed by atoms with E-state index in [2.05, 4.69) is 17.1 Å². The lowest BCUT2D eigenvalue weighted by atomic mass is 9.70. The van der Waals surface area contributed by atoms with Crippen molar-refractivity contribution < 1.29 is 0 Å². The Kier molecular flexibility index (Phi) is 4.04. The van der Waals surface area contributed by atoms with Gasteiger partial charge in [0.1, 0.15) is 0 Å². The fraction of sp³-hybridized carbons (Fsp3) is 1.00. The lowest BCUT2D eigenvalue weighted by Crippen LogP contribution is -2.38. The number of hydrogen-bond donors (Lipinski definition) is 1. The zero-order valence-corrected chi connectivity index (χ0v) is 10.2. The van der Waals surface area contributed by atoms with Crippen molar-refractivity contribution in [3.05, 3.63) is 0 Å². The van der Waals surface area contributed by atoms with Crippen LogP contribution in [0.3, 0.4) is 0 Å². The van der Waals surface area contributed by atoms with Crippen LogP contribution >= 0.6 is 0 Å². The summed E-state index contributed by atoms with van der Waals surface area (Å²) in [5.41, 5.74) is 0.646. The second-order valence-electron chi connectivity index (χ2n) is 5.74. The number of nitrogens with zero attached hydrogens (tertiary/aromatic N) is 1. The predicted octanol–water partition coefficient (Wildman–Crippen LogP) is 2.25. The van der Waals surface area contributed by atoms with Gasteiger partial charge in [-0.05, 0) is 63.7 Å². The van der Waals surface area contributed by atoms with E-state index in [9.17, 15) is 0 Å². The molecule has 0 spiro atoms. The molecule has 88 valence electrons. The highest BCUT2D eigenvalue weighted by molar-refractivity contribution is 4.85. The van der Waals surface area contributed by atoms with Crippen molar-refractivity contribution in [1.82, 2.24) is 10.2 Å². The summed E-state index contributed by atoms with van der Waals surface area (Å²) in [4.78, 5) is 2.60. The largest absolute Gasteiger partial charge is 0.316 e. The highest BCUT2D eigenvalue weighted by atomic mass is 15.1. The van der Waals surface area contributed by atoms with Crippen LogP contribution in [0.25, 0.3) is 0 Å². The van der Waals surface area contributed by atoms with Crippen molar-refractivity contribution >= 4 is 0 Å². The number of hydrogen-bond acceptors (Lipinski definition) is 2. The van der Waals surface area contributed by atoms with Crippen LogP contribution in [-0.4, -0.2) is 37.6 Å². The van der Waals surface area contributed by atoms with Gasteiger partial charge >= 0.3 is 0 Å².